The van der Waals surface area contributed by atoms with Crippen molar-refractivity contribution in [2.75, 3.05) is 33.9 Å². The fourth-order valence-electron chi connectivity index (χ4n) is 2.17. The van der Waals surface area contributed by atoms with Gasteiger partial charge in [-0.25, -0.2) is 9.59 Å². The molecule has 162 valence electrons. The summed E-state index contributed by atoms with van der Waals surface area (Å²) in [7, 11) is 3.13. The molecule has 0 saturated heterocycles. The van der Waals surface area contributed by atoms with Gasteiger partial charge in [-0.1, -0.05) is 6.07 Å². The predicted octanol–water partition coefficient (Wildman–Crippen LogP) is 0.653. The molecule has 0 atom stereocenters. The summed E-state index contributed by atoms with van der Waals surface area (Å²) in [6.45, 7) is 1.24. The largest absolute Gasteiger partial charge is 0.493 e. The van der Waals surface area contributed by atoms with Crippen LogP contribution in [-0.4, -0.2) is 83.1 Å². The van der Waals surface area contributed by atoms with E-state index in [9.17, 15) is 9.59 Å². The van der Waals surface area contributed by atoms with Crippen molar-refractivity contribution in [3.05, 3.63) is 23.8 Å². The topological polar surface area (TPSA) is 171 Å². The Labute approximate surface area is 167 Å². The van der Waals surface area contributed by atoms with Crippen molar-refractivity contribution in [3.63, 3.8) is 0 Å². The van der Waals surface area contributed by atoms with Gasteiger partial charge >= 0.3 is 23.9 Å². The van der Waals surface area contributed by atoms with Gasteiger partial charge in [-0.2, -0.15) is 0 Å². The van der Waals surface area contributed by atoms with Crippen LogP contribution in [0.15, 0.2) is 18.2 Å². The number of methoxy groups -OCH3 is 2. The highest BCUT2D eigenvalue weighted by Gasteiger charge is 2.11. The lowest BCUT2D eigenvalue weighted by Crippen LogP contribution is -2.30. The van der Waals surface area contributed by atoms with Gasteiger partial charge in [0.1, 0.15) is 0 Å². The lowest BCUT2D eigenvalue weighted by molar-refractivity contribution is -0.159. The Balaban J connectivity index is 0.00000113. The number of carbonyl (C=O) groups is 4. The number of benzene rings is 1. The molecule has 0 aliphatic carbocycles. The van der Waals surface area contributed by atoms with Crippen LogP contribution in [0, 0.1) is 0 Å². The molecule has 0 aromatic heterocycles. The highest BCUT2D eigenvalue weighted by Crippen LogP contribution is 2.27. The second-order valence-corrected chi connectivity index (χ2v) is 5.68. The third kappa shape index (κ3) is 11.9. The number of ether oxygens (including phenoxy) is 2. The number of aliphatic carboxylic acids is 4. The number of carboxylic acids is 4. The number of nitrogens with zero attached hydrogens (tertiary/aromatic N) is 1. The molecule has 0 aliphatic rings. The van der Waals surface area contributed by atoms with Crippen LogP contribution < -0.4 is 9.47 Å². The maximum atomic E-state index is 10.7. The summed E-state index contributed by atoms with van der Waals surface area (Å²) in [5, 5.41) is 32.3. The molecule has 0 unspecified atom stereocenters. The number of hydrogen-bond donors (Lipinski definition) is 4. The molecule has 0 bridgehead atoms. The Morgan fingerprint density at radius 1 is 0.793 bits per heavy atom. The molecule has 0 saturated carbocycles. The van der Waals surface area contributed by atoms with E-state index in [0.29, 0.717) is 37.6 Å². The van der Waals surface area contributed by atoms with Gasteiger partial charge in [0.25, 0.3) is 0 Å². The Hall–Kier alpha value is -3.34. The van der Waals surface area contributed by atoms with Gasteiger partial charge in [0.15, 0.2) is 11.5 Å². The third-order valence-corrected chi connectivity index (χ3v) is 3.63. The lowest BCUT2D eigenvalue weighted by atomic mass is 10.1. The number of hydrogen-bond acceptors (Lipinski definition) is 7. The van der Waals surface area contributed by atoms with Gasteiger partial charge in [0.05, 0.1) is 27.1 Å². The van der Waals surface area contributed by atoms with Gasteiger partial charge in [-0.05, 0) is 24.1 Å². The van der Waals surface area contributed by atoms with Crippen molar-refractivity contribution in [1.29, 1.82) is 0 Å². The summed E-state index contributed by atoms with van der Waals surface area (Å²) < 4.78 is 10.4. The zero-order valence-corrected chi connectivity index (χ0v) is 16.2. The summed E-state index contributed by atoms with van der Waals surface area (Å²) in [4.78, 5) is 41.4. The molecular formula is C18H25NO10. The van der Waals surface area contributed by atoms with Crippen LogP contribution in [0.25, 0.3) is 0 Å². The van der Waals surface area contributed by atoms with E-state index >= 15 is 0 Å². The molecule has 11 heteroatoms. The van der Waals surface area contributed by atoms with Crippen LogP contribution >= 0.6 is 0 Å². The first-order chi connectivity index (χ1) is 13.6. The van der Waals surface area contributed by atoms with Crippen molar-refractivity contribution in [1.82, 2.24) is 4.90 Å². The minimum absolute atomic E-state index is 0.00838. The van der Waals surface area contributed by atoms with Crippen molar-refractivity contribution in [2.24, 2.45) is 0 Å². The Kier molecular flexibility index (Phi) is 12.2. The monoisotopic (exact) mass is 415 g/mol. The molecule has 1 aromatic carbocycles. The minimum atomic E-state index is -1.82. The van der Waals surface area contributed by atoms with E-state index in [2.05, 4.69) is 0 Å². The molecule has 0 radical (unpaired) electrons. The summed E-state index contributed by atoms with van der Waals surface area (Å²) in [6, 6.07) is 5.59. The molecule has 0 fully saturated rings. The van der Waals surface area contributed by atoms with E-state index in [0.717, 1.165) is 5.56 Å². The SMILES string of the molecule is COc1ccc(CCN(CCC(=O)O)CCC(=O)O)cc1OC.O=C(O)C(=O)O. The number of rotatable bonds is 11. The quantitative estimate of drug-likeness (QED) is 0.374. The van der Waals surface area contributed by atoms with E-state index in [1.54, 1.807) is 14.2 Å². The number of carboxylic acid groups (broad SMARTS) is 4. The second kappa shape index (κ2) is 13.8. The van der Waals surface area contributed by atoms with E-state index in [4.69, 9.17) is 39.5 Å². The Morgan fingerprint density at radius 2 is 1.28 bits per heavy atom. The van der Waals surface area contributed by atoms with E-state index in [1.807, 2.05) is 23.1 Å². The van der Waals surface area contributed by atoms with Crippen molar-refractivity contribution >= 4 is 23.9 Å². The summed E-state index contributed by atoms with van der Waals surface area (Å²) in [5.41, 5.74) is 1.01. The molecule has 0 spiro atoms. The molecule has 1 aromatic rings. The fraction of sp³-hybridized carbons (Fsp3) is 0.444. The van der Waals surface area contributed by atoms with Crippen LogP contribution in [0.2, 0.25) is 0 Å². The van der Waals surface area contributed by atoms with Crippen LogP contribution in [0.4, 0.5) is 0 Å². The lowest BCUT2D eigenvalue weighted by Gasteiger charge is -2.21. The first kappa shape index (κ1) is 25.7. The molecule has 0 aliphatic heterocycles. The molecule has 4 N–H and O–H groups in total. The zero-order valence-electron chi connectivity index (χ0n) is 16.2. The van der Waals surface area contributed by atoms with Gasteiger partial charge in [-0.15, -0.1) is 0 Å². The van der Waals surface area contributed by atoms with Gasteiger partial charge < -0.3 is 34.8 Å². The van der Waals surface area contributed by atoms with E-state index < -0.39 is 23.9 Å². The predicted molar refractivity (Wildman–Crippen MR) is 99.5 cm³/mol. The second-order valence-electron chi connectivity index (χ2n) is 5.68. The van der Waals surface area contributed by atoms with Crippen molar-refractivity contribution in [3.8, 4) is 11.5 Å². The maximum absolute atomic E-state index is 10.7. The van der Waals surface area contributed by atoms with E-state index in [-0.39, 0.29) is 12.8 Å². The molecule has 0 heterocycles. The molecular weight excluding hydrogens is 390 g/mol. The first-order valence-corrected chi connectivity index (χ1v) is 8.43. The van der Waals surface area contributed by atoms with Gasteiger partial charge in [0.2, 0.25) is 0 Å². The van der Waals surface area contributed by atoms with Crippen LogP contribution in [0.1, 0.15) is 18.4 Å². The van der Waals surface area contributed by atoms with Gasteiger partial charge in [0, 0.05) is 19.6 Å². The highest BCUT2D eigenvalue weighted by molar-refractivity contribution is 6.27. The standard InChI is InChI=1S/C16H23NO6.C2H2O4/c1-22-13-4-3-12(11-14(13)23-2)5-8-17(9-6-15(18)19)10-7-16(20)21;3-1(4)2(5)6/h3-4,11H,5-10H2,1-2H3,(H,18,19)(H,20,21);(H,3,4)(H,5,6). The fourth-order valence-corrected chi connectivity index (χ4v) is 2.17. The smallest absolute Gasteiger partial charge is 0.414 e. The average Bonchev–Trinajstić information content (AvgIpc) is 2.67. The van der Waals surface area contributed by atoms with Crippen LogP contribution in [0.3, 0.4) is 0 Å². The molecule has 1 rings (SSSR count). The summed E-state index contributed by atoms with van der Waals surface area (Å²) in [5.74, 6) is -4.16. The Bertz CT molecular complexity index is 674. The van der Waals surface area contributed by atoms with Crippen molar-refractivity contribution < 1.29 is 49.1 Å². The van der Waals surface area contributed by atoms with Crippen LogP contribution in [0.5, 0.6) is 11.5 Å². The molecule has 29 heavy (non-hydrogen) atoms. The normalized spacial score (nSPS) is 9.90. The van der Waals surface area contributed by atoms with Crippen LogP contribution in [-0.2, 0) is 25.6 Å². The van der Waals surface area contributed by atoms with Crippen molar-refractivity contribution in [2.45, 2.75) is 19.3 Å². The summed E-state index contributed by atoms with van der Waals surface area (Å²) in [6.07, 6.45) is 0.650. The Morgan fingerprint density at radius 3 is 1.66 bits per heavy atom. The average molecular weight is 415 g/mol. The first-order valence-electron chi connectivity index (χ1n) is 8.43. The minimum Gasteiger partial charge on any atom is -0.493 e. The molecule has 11 nitrogen and oxygen atoms in total. The third-order valence-electron chi connectivity index (χ3n) is 3.63. The maximum Gasteiger partial charge on any atom is 0.414 e. The zero-order chi connectivity index (χ0) is 22.4. The van der Waals surface area contributed by atoms with E-state index in [1.165, 1.54) is 0 Å². The molecule has 0 amide bonds. The highest BCUT2D eigenvalue weighted by atomic mass is 16.5. The van der Waals surface area contributed by atoms with Gasteiger partial charge in [-0.3, -0.25) is 9.59 Å². The summed E-state index contributed by atoms with van der Waals surface area (Å²) >= 11 is 0.